The summed E-state index contributed by atoms with van der Waals surface area (Å²) in [5.41, 5.74) is 1.60. The molecular formula is C13H8N6O. The first-order valence-corrected chi connectivity index (χ1v) is 5.57. The van der Waals surface area contributed by atoms with Crippen LogP contribution in [0.3, 0.4) is 0 Å². The molecule has 0 unspecified atom stereocenters. The number of hydrogen-bond acceptors (Lipinski definition) is 5. The van der Waals surface area contributed by atoms with E-state index in [1.807, 2.05) is 0 Å². The van der Waals surface area contributed by atoms with Crippen molar-refractivity contribution in [3.05, 3.63) is 35.0 Å². The Morgan fingerprint density at radius 2 is 1.95 bits per heavy atom. The highest BCUT2D eigenvalue weighted by atomic mass is 16.2. The second-order valence-electron chi connectivity index (χ2n) is 3.89. The third kappa shape index (κ3) is 2.50. The largest absolute Gasteiger partial charge is 0.345 e. The molecule has 0 saturated heterocycles. The van der Waals surface area contributed by atoms with Crippen molar-refractivity contribution in [1.82, 2.24) is 5.32 Å². The molecule has 96 valence electrons. The molecule has 0 atom stereocenters. The Balaban J connectivity index is 2.33. The summed E-state index contributed by atoms with van der Waals surface area (Å²) in [6.45, 7) is 0.421. The van der Waals surface area contributed by atoms with Crippen molar-refractivity contribution >= 4 is 17.4 Å². The van der Waals surface area contributed by atoms with E-state index in [4.69, 9.17) is 15.8 Å². The maximum atomic E-state index is 11.2. The maximum Gasteiger partial charge on any atom is 0.319 e. The van der Waals surface area contributed by atoms with Gasteiger partial charge in [0.05, 0.1) is 0 Å². The quantitative estimate of drug-likeness (QED) is 0.699. The van der Waals surface area contributed by atoms with Gasteiger partial charge in [0.15, 0.2) is 5.57 Å². The van der Waals surface area contributed by atoms with Gasteiger partial charge in [-0.15, -0.1) is 0 Å². The van der Waals surface area contributed by atoms with Gasteiger partial charge in [0.1, 0.15) is 23.9 Å². The zero-order chi connectivity index (χ0) is 14.5. The van der Waals surface area contributed by atoms with Crippen LogP contribution in [0.5, 0.6) is 0 Å². The van der Waals surface area contributed by atoms with Crippen LogP contribution in [-0.2, 0) is 6.54 Å². The average Bonchev–Trinajstić information content (AvgIpc) is 2.46. The Hall–Kier alpha value is -3.50. The molecule has 2 amide bonds. The van der Waals surface area contributed by atoms with Crippen LogP contribution >= 0.6 is 0 Å². The summed E-state index contributed by atoms with van der Waals surface area (Å²) in [6, 6.07) is 9.86. The van der Waals surface area contributed by atoms with Gasteiger partial charge in [0, 0.05) is 17.9 Å². The molecule has 7 nitrogen and oxygen atoms in total. The number of anilines is 2. The third-order valence-corrected chi connectivity index (χ3v) is 2.65. The highest BCUT2D eigenvalue weighted by Gasteiger charge is 2.14. The number of allylic oxidation sites excluding steroid dienone is 2. The first kappa shape index (κ1) is 12.9. The van der Waals surface area contributed by atoms with Crippen molar-refractivity contribution in [2.45, 2.75) is 6.54 Å². The smallest absolute Gasteiger partial charge is 0.319 e. The lowest BCUT2D eigenvalue weighted by atomic mass is 10.1. The molecule has 2 rings (SSSR count). The first-order valence-electron chi connectivity index (χ1n) is 5.57. The molecule has 0 spiro atoms. The minimum Gasteiger partial charge on any atom is -0.345 e. The number of amides is 2. The van der Waals surface area contributed by atoms with E-state index < -0.39 is 0 Å². The van der Waals surface area contributed by atoms with Crippen molar-refractivity contribution in [1.29, 1.82) is 15.8 Å². The second kappa shape index (κ2) is 5.43. The molecule has 0 fully saturated rings. The molecule has 1 aromatic carbocycles. The molecule has 1 aromatic rings. The number of hydrogen-bond donors (Lipinski definition) is 3. The fourth-order valence-corrected chi connectivity index (χ4v) is 1.69. The zero-order valence-corrected chi connectivity index (χ0v) is 10.2. The summed E-state index contributed by atoms with van der Waals surface area (Å²) in [5.74, 6) is 0. The van der Waals surface area contributed by atoms with Crippen LogP contribution in [0.15, 0.2) is 29.5 Å². The predicted octanol–water partition coefficient (Wildman–Crippen LogP) is 1.56. The minimum absolute atomic E-state index is 0.129. The fourth-order valence-electron chi connectivity index (χ4n) is 1.69. The van der Waals surface area contributed by atoms with Crippen molar-refractivity contribution < 1.29 is 4.79 Å². The van der Waals surface area contributed by atoms with Gasteiger partial charge in [0.2, 0.25) is 0 Å². The average molecular weight is 264 g/mol. The summed E-state index contributed by atoms with van der Waals surface area (Å²) in [5, 5.41) is 34.4. The molecule has 0 bridgehead atoms. The number of urea groups is 1. The number of carbonyl (C=O) groups is 1. The van der Waals surface area contributed by atoms with Crippen LogP contribution in [0.25, 0.3) is 0 Å². The topological polar surface area (TPSA) is 125 Å². The number of nitrogens with zero attached hydrogens (tertiary/aromatic N) is 3. The Kier molecular flexibility index (Phi) is 3.51. The van der Waals surface area contributed by atoms with E-state index in [-0.39, 0.29) is 17.3 Å². The summed E-state index contributed by atoms with van der Waals surface area (Å²) >= 11 is 0. The highest BCUT2D eigenvalue weighted by molar-refractivity contribution is 5.93. The minimum atomic E-state index is -0.305. The van der Waals surface area contributed by atoms with Crippen LogP contribution in [0.2, 0.25) is 0 Å². The maximum absolute atomic E-state index is 11.2. The van der Waals surface area contributed by atoms with Crippen molar-refractivity contribution in [2.24, 2.45) is 0 Å². The SMILES string of the molecule is N#CC(C#N)=C(C#N)Nc1ccc2c(c1)NC(=O)NC2. The van der Waals surface area contributed by atoms with E-state index in [1.165, 1.54) is 0 Å². The summed E-state index contributed by atoms with van der Waals surface area (Å²) < 4.78 is 0. The molecule has 0 aromatic heterocycles. The Bertz CT molecular complexity index is 713. The summed E-state index contributed by atoms with van der Waals surface area (Å²) in [4.78, 5) is 11.2. The third-order valence-electron chi connectivity index (χ3n) is 2.65. The van der Waals surface area contributed by atoms with Gasteiger partial charge >= 0.3 is 6.03 Å². The molecule has 1 aliphatic heterocycles. The molecule has 1 aliphatic rings. The van der Waals surface area contributed by atoms with E-state index in [9.17, 15) is 4.79 Å². The molecule has 0 saturated carbocycles. The van der Waals surface area contributed by atoms with E-state index in [2.05, 4.69) is 16.0 Å². The van der Waals surface area contributed by atoms with Gasteiger partial charge < -0.3 is 16.0 Å². The molecule has 0 radical (unpaired) electrons. The summed E-state index contributed by atoms with van der Waals surface area (Å²) in [7, 11) is 0. The second-order valence-corrected chi connectivity index (χ2v) is 3.89. The Labute approximate surface area is 114 Å². The van der Waals surface area contributed by atoms with Gasteiger partial charge in [0.25, 0.3) is 0 Å². The van der Waals surface area contributed by atoms with Crippen molar-refractivity contribution in [3.8, 4) is 18.2 Å². The van der Waals surface area contributed by atoms with Gasteiger partial charge in [-0.1, -0.05) is 6.07 Å². The lowest BCUT2D eigenvalue weighted by molar-refractivity contribution is 0.251. The van der Waals surface area contributed by atoms with Crippen LogP contribution in [0.1, 0.15) is 5.56 Å². The number of fused-ring (bicyclic) bond motifs is 1. The van der Waals surface area contributed by atoms with Gasteiger partial charge in [-0.05, 0) is 17.7 Å². The Morgan fingerprint density at radius 3 is 2.60 bits per heavy atom. The van der Waals surface area contributed by atoms with Crippen LogP contribution < -0.4 is 16.0 Å². The highest BCUT2D eigenvalue weighted by Crippen LogP contribution is 2.24. The molecule has 0 aliphatic carbocycles. The monoisotopic (exact) mass is 264 g/mol. The normalized spacial score (nSPS) is 11.6. The number of benzene rings is 1. The number of carbonyl (C=O) groups excluding carboxylic acids is 1. The van der Waals surface area contributed by atoms with Crippen LogP contribution in [-0.4, -0.2) is 6.03 Å². The molecule has 1 heterocycles. The first-order chi connectivity index (χ1) is 9.67. The van der Waals surface area contributed by atoms with Crippen LogP contribution in [0.4, 0.5) is 16.2 Å². The van der Waals surface area contributed by atoms with Crippen molar-refractivity contribution in [2.75, 3.05) is 10.6 Å². The van der Waals surface area contributed by atoms with Crippen molar-refractivity contribution in [3.63, 3.8) is 0 Å². The Morgan fingerprint density at radius 1 is 1.20 bits per heavy atom. The zero-order valence-electron chi connectivity index (χ0n) is 10.2. The van der Waals surface area contributed by atoms with Crippen LogP contribution in [0, 0.1) is 34.0 Å². The van der Waals surface area contributed by atoms with Gasteiger partial charge in [-0.2, -0.15) is 15.8 Å². The fraction of sp³-hybridized carbons (Fsp3) is 0.0769. The number of rotatable bonds is 2. The number of nitriles is 3. The van der Waals surface area contributed by atoms with E-state index in [1.54, 1.807) is 36.4 Å². The lowest BCUT2D eigenvalue weighted by Gasteiger charge is -2.19. The number of nitrogens with one attached hydrogen (secondary N) is 3. The predicted molar refractivity (Wildman–Crippen MR) is 69.8 cm³/mol. The standard InChI is InChI=1S/C13H8N6O/c14-4-9(5-15)12(6-16)18-10-2-1-8-7-17-13(20)19-11(8)3-10/h1-3,18H,7H2,(H2,17,19,20). The lowest BCUT2D eigenvalue weighted by Crippen LogP contribution is -2.33. The molecular weight excluding hydrogens is 256 g/mol. The van der Waals surface area contributed by atoms with Gasteiger partial charge in [-0.25, -0.2) is 4.79 Å². The van der Waals surface area contributed by atoms with E-state index in [0.29, 0.717) is 17.9 Å². The molecule has 7 heteroatoms. The van der Waals surface area contributed by atoms with Gasteiger partial charge in [-0.3, -0.25) is 0 Å². The van der Waals surface area contributed by atoms with E-state index >= 15 is 0 Å². The molecule has 20 heavy (non-hydrogen) atoms. The summed E-state index contributed by atoms with van der Waals surface area (Å²) in [6.07, 6.45) is 0. The molecule has 3 N–H and O–H groups in total. The van der Waals surface area contributed by atoms with E-state index in [0.717, 1.165) is 5.56 Å².